The molecule has 0 aromatic carbocycles. The van der Waals surface area contributed by atoms with Crippen LogP contribution in [-0.4, -0.2) is 43.7 Å². The molecule has 0 amide bonds. The summed E-state index contributed by atoms with van der Waals surface area (Å²) in [5, 5.41) is 3.30. The Morgan fingerprint density at radius 1 is 1.47 bits per heavy atom. The largest absolute Gasteiger partial charge is 0.462 e. The Morgan fingerprint density at radius 3 is 3.00 bits per heavy atom. The molecule has 0 radical (unpaired) electrons. The number of aromatic nitrogens is 1. The van der Waals surface area contributed by atoms with E-state index in [1.54, 1.807) is 12.3 Å². The quantitative estimate of drug-likeness (QED) is 0.643. The Kier molecular flexibility index (Phi) is 5.15. The van der Waals surface area contributed by atoms with Crippen LogP contribution in [0.5, 0.6) is 0 Å². The van der Waals surface area contributed by atoms with E-state index in [1.807, 2.05) is 6.07 Å². The summed E-state index contributed by atoms with van der Waals surface area (Å²) in [4.78, 5) is 18.4. The molecule has 1 N–H and O–H groups in total. The van der Waals surface area contributed by atoms with E-state index < -0.39 is 0 Å². The number of carbonyl (C=O) groups excluding carboxylic acids is 1. The lowest BCUT2D eigenvalue weighted by atomic mass is 10.2. The summed E-state index contributed by atoms with van der Waals surface area (Å²) in [6.07, 6.45) is 3.60. The van der Waals surface area contributed by atoms with Crippen LogP contribution in [0, 0.1) is 0 Å². The fraction of sp³-hybridized carbons (Fsp3) is 0.571. The predicted molar refractivity (Wildman–Crippen MR) is 74.5 cm³/mol. The third-order valence-electron chi connectivity index (χ3n) is 3.15. The molecule has 5 heteroatoms. The molecule has 19 heavy (non-hydrogen) atoms. The smallest absolute Gasteiger partial charge is 0.338 e. The summed E-state index contributed by atoms with van der Waals surface area (Å²) >= 11 is 0. The molecule has 104 valence electrons. The number of hydrogen-bond donors (Lipinski definition) is 1. The highest BCUT2D eigenvalue weighted by Crippen LogP contribution is 2.14. The standard InChI is InChI=1S/C14H21N3O2/c1-2-3-10-19-14(18)12-4-5-16-13(11-12)17-8-6-15-7-9-17/h4-5,11,15H,2-3,6-10H2,1H3. The number of rotatable bonds is 5. The molecule has 0 bridgehead atoms. The van der Waals surface area contributed by atoms with Gasteiger partial charge in [-0.1, -0.05) is 13.3 Å². The van der Waals surface area contributed by atoms with E-state index in [2.05, 4.69) is 22.1 Å². The average Bonchev–Trinajstić information content (AvgIpc) is 2.48. The van der Waals surface area contributed by atoms with Crippen LogP contribution in [-0.2, 0) is 4.74 Å². The van der Waals surface area contributed by atoms with Gasteiger partial charge in [-0.3, -0.25) is 0 Å². The molecule has 0 atom stereocenters. The van der Waals surface area contributed by atoms with Crippen LogP contribution < -0.4 is 10.2 Å². The number of pyridine rings is 1. The molecule has 0 saturated carbocycles. The Hall–Kier alpha value is -1.62. The van der Waals surface area contributed by atoms with Crippen molar-refractivity contribution in [2.45, 2.75) is 19.8 Å². The van der Waals surface area contributed by atoms with Crippen molar-refractivity contribution >= 4 is 11.8 Å². The van der Waals surface area contributed by atoms with Gasteiger partial charge in [0.15, 0.2) is 0 Å². The van der Waals surface area contributed by atoms with Gasteiger partial charge in [-0.25, -0.2) is 9.78 Å². The molecule has 1 aromatic heterocycles. The lowest BCUT2D eigenvalue weighted by Crippen LogP contribution is -2.43. The first-order valence-corrected chi connectivity index (χ1v) is 6.90. The maximum absolute atomic E-state index is 11.9. The monoisotopic (exact) mass is 263 g/mol. The molecule has 2 rings (SSSR count). The van der Waals surface area contributed by atoms with Crippen LogP contribution in [0.2, 0.25) is 0 Å². The van der Waals surface area contributed by atoms with Crippen LogP contribution >= 0.6 is 0 Å². The maximum Gasteiger partial charge on any atom is 0.338 e. The number of anilines is 1. The fourth-order valence-electron chi connectivity index (χ4n) is 2.00. The Morgan fingerprint density at radius 2 is 2.26 bits per heavy atom. The van der Waals surface area contributed by atoms with E-state index in [-0.39, 0.29) is 5.97 Å². The number of nitrogens with one attached hydrogen (secondary N) is 1. The van der Waals surface area contributed by atoms with Crippen LogP contribution in [0.4, 0.5) is 5.82 Å². The number of piperazine rings is 1. The molecule has 1 fully saturated rings. The van der Waals surface area contributed by atoms with Crippen molar-refractivity contribution in [1.29, 1.82) is 0 Å². The third kappa shape index (κ3) is 3.92. The second-order valence-corrected chi connectivity index (χ2v) is 4.63. The summed E-state index contributed by atoms with van der Waals surface area (Å²) in [5.41, 5.74) is 0.583. The topological polar surface area (TPSA) is 54.5 Å². The van der Waals surface area contributed by atoms with Gasteiger partial charge in [-0.15, -0.1) is 0 Å². The molecule has 1 saturated heterocycles. The maximum atomic E-state index is 11.9. The third-order valence-corrected chi connectivity index (χ3v) is 3.15. The summed E-state index contributed by atoms with van der Waals surface area (Å²) in [6, 6.07) is 3.53. The number of ether oxygens (including phenoxy) is 1. The van der Waals surface area contributed by atoms with Crippen molar-refractivity contribution in [2.24, 2.45) is 0 Å². The minimum Gasteiger partial charge on any atom is -0.462 e. The zero-order chi connectivity index (χ0) is 13.5. The van der Waals surface area contributed by atoms with Gasteiger partial charge in [0.1, 0.15) is 5.82 Å². The van der Waals surface area contributed by atoms with Crippen LogP contribution in [0.3, 0.4) is 0 Å². The average molecular weight is 263 g/mol. The molecule has 0 aliphatic carbocycles. The normalized spacial score (nSPS) is 15.3. The summed E-state index contributed by atoms with van der Waals surface area (Å²) < 4.78 is 5.21. The van der Waals surface area contributed by atoms with Gasteiger partial charge in [0, 0.05) is 32.4 Å². The lowest BCUT2D eigenvalue weighted by molar-refractivity contribution is 0.0499. The minimum atomic E-state index is -0.257. The lowest BCUT2D eigenvalue weighted by Gasteiger charge is -2.28. The zero-order valence-electron chi connectivity index (χ0n) is 11.4. The van der Waals surface area contributed by atoms with Crippen LogP contribution in [0.15, 0.2) is 18.3 Å². The van der Waals surface area contributed by atoms with Crippen molar-refractivity contribution < 1.29 is 9.53 Å². The molecule has 1 aromatic rings. The van der Waals surface area contributed by atoms with Crippen molar-refractivity contribution in [2.75, 3.05) is 37.7 Å². The molecule has 5 nitrogen and oxygen atoms in total. The Bertz CT molecular complexity index is 417. The second-order valence-electron chi connectivity index (χ2n) is 4.63. The van der Waals surface area contributed by atoms with Gasteiger partial charge in [0.05, 0.1) is 12.2 Å². The van der Waals surface area contributed by atoms with E-state index in [1.165, 1.54) is 0 Å². The molecule has 0 unspecified atom stereocenters. The first kappa shape index (κ1) is 13.8. The molecule has 1 aliphatic heterocycles. The first-order valence-electron chi connectivity index (χ1n) is 6.90. The van der Waals surface area contributed by atoms with E-state index in [0.29, 0.717) is 12.2 Å². The Balaban J connectivity index is 1.99. The number of unbranched alkanes of at least 4 members (excludes halogenated alkanes) is 1. The van der Waals surface area contributed by atoms with Crippen molar-refractivity contribution in [3.8, 4) is 0 Å². The van der Waals surface area contributed by atoms with E-state index in [9.17, 15) is 4.79 Å². The zero-order valence-corrected chi connectivity index (χ0v) is 11.4. The highest BCUT2D eigenvalue weighted by molar-refractivity contribution is 5.90. The van der Waals surface area contributed by atoms with Crippen LogP contribution in [0.25, 0.3) is 0 Å². The Labute approximate surface area is 114 Å². The van der Waals surface area contributed by atoms with E-state index in [0.717, 1.165) is 44.8 Å². The van der Waals surface area contributed by atoms with Gasteiger partial charge >= 0.3 is 5.97 Å². The second kappa shape index (κ2) is 7.09. The number of carbonyl (C=O) groups is 1. The van der Waals surface area contributed by atoms with Gasteiger partial charge in [0.2, 0.25) is 0 Å². The van der Waals surface area contributed by atoms with E-state index in [4.69, 9.17) is 4.74 Å². The highest BCUT2D eigenvalue weighted by atomic mass is 16.5. The molecular formula is C14H21N3O2. The number of nitrogens with zero attached hydrogens (tertiary/aromatic N) is 2. The van der Waals surface area contributed by atoms with Crippen molar-refractivity contribution in [1.82, 2.24) is 10.3 Å². The van der Waals surface area contributed by atoms with Gasteiger partial charge in [-0.2, -0.15) is 0 Å². The summed E-state index contributed by atoms with van der Waals surface area (Å²) in [6.45, 7) is 6.30. The highest BCUT2D eigenvalue weighted by Gasteiger charge is 2.14. The van der Waals surface area contributed by atoms with Crippen LogP contribution in [0.1, 0.15) is 30.1 Å². The summed E-state index contributed by atoms with van der Waals surface area (Å²) in [7, 11) is 0. The number of hydrogen-bond acceptors (Lipinski definition) is 5. The van der Waals surface area contributed by atoms with E-state index >= 15 is 0 Å². The predicted octanol–water partition coefficient (Wildman–Crippen LogP) is 1.45. The van der Waals surface area contributed by atoms with Crippen molar-refractivity contribution in [3.63, 3.8) is 0 Å². The minimum absolute atomic E-state index is 0.257. The SMILES string of the molecule is CCCCOC(=O)c1ccnc(N2CCNCC2)c1. The molecule has 1 aliphatic rings. The van der Waals surface area contributed by atoms with Crippen molar-refractivity contribution in [3.05, 3.63) is 23.9 Å². The number of esters is 1. The fourth-order valence-corrected chi connectivity index (χ4v) is 2.00. The molecule has 2 heterocycles. The first-order chi connectivity index (χ1) is 9.31. The van der Waals surface area contributed by atoms with Gasteiger partial charge in [0.25, 0.3) is 0 Å². The summed E-state index contributed by atoms with van der Waals surface area (Å²) in [5.74, 6) is 0.596. The van der Waals surface area contributed by atoms with Gasteiger partial charge < -0.3 is 15.0 Å². The molecule has 0 spiro atoms. The molecular weight excluding hydrogens is 242 g/mol. The van der Waals surface area contributed by atoms with Gasteiger partial charge in [-0.05, 0) is 18.6 Å².